The summed E-state index contributed by atoms with van der Waals surface area (Å²) < 4.78 is 6.80. The van der Waals surface area contributed by atoms with Gasteiger partial charge in [-0.3, -0.25) is 14.0 Å². The van der Waals surface area contributed by atoms with Gasteiger partial charge in [0.05, 0.1) is 18.7 Å². The summed E-state index contributed by atoms with van der Waals surface area (Å²) in [6, 6.07) is 5.72. The zero-order valence-electron chi connectivity index (χ0n) is 14.3. The SMILES string of the molecule is CCOC(=O)Cc1csc(NC(=O)CCCc2nnc3ccccn23)n1. The van der Waals surface area contributed by atoms with E-state index < -0.39 is 0 Å². The van der Waals surface area contributed by atoms with Crippen LogP contribution < -0.4 is 5.32 Å². The molecule has 3 aromatic heterocycles. The highest BCUT2D eigenvalue weighted by Gasteiger charge is 2.11. The van der Waals surface area contributed by atoms with Crippen LogP contribution in [0, 0.1) is 0 Å². The van der Waals surface area contributed by atoms with Gasteiger partial charge in [0.1, 0.15) is 5.82 Å². The summed E-state index contributed by atoms with van der Waals surface area (Å²) in [6.45, 7) is 2.10. The van der Waals surface area contributed by atoms with Crippen LogP contribution in [0.3, 0.4) is 0 Å². The fourth-order valence-corrected chi connectivity index (χ4v) is 3.18. The van der Waals surface area contributed by atoms with Crippen LogP contribution >= 0.6 is 11.3 Å². The van der Waals surface area contributed by atoms with Crippen LogP contribution in [0.25, 0.3) is 5.65 Å². The van der Waals surface area contributed by atoms with E-state index in [1.807, 2.05) is 28.8 Å². The second kappa shape index (κ2) is 8.52. The summed E-state index contributed by atoms with van der Waals surface area (Å²) in [6.07, 6.45) is 3.69. The number of thiazole rings is 1. The van der Waals surface area contributed by atoms with Crippen molar-refractivity contribution in [2.45, 2.75) is 32.6 Å². The molecule has 3 heterocycles. The van der Waals surface area contributed by atoms with E-state index in [0.717, 1.165) is 11.5 Å². The Morgan fingerprint density at radius 3 is 3.04 bits per heavy atom. The fourth-order valence-electron chi connectivity index (χ4n) is 2.46. The minimum atomic E-state index is -0.323. The predicted molar refractivity (Wildman–Crippen MR) is 97.0 cm³/mol. The molecule has 0 aliphatic carbocycles. The fraction of sp³-hybridized carbons (Fsp3) is 0.353. The zero-order chi connectivity index (χ0) is 18.4. The number of rotatable bonds is 8. The molecule has 0 aliphatic rings. The third-order valence-electron chi connectivity index (χ3n) is 3.62. The monoisotopic (exact) mass is 373 g/mol. The van der Waals surface area contributed by atoms with Crippen molar-refractivity contribution < 1.29 is 14.3 Å². The van der Waals surface area contributed by atoms with Gasteiger partial charge in [0.2, 0.25) is 5.91 Å². The standard InChI is InChI=1S/C17H19N5O3S/c1-2-25-16(24)10-12-11-26-17(18-12)19-15(23)8-5-7-14-21-20-13-6-3-4-9-22(13)14/h3-4,6,9,11H,2,5,7-8,10H2,1H3,(H,18,19,23). The number of carbonyl (C=O) groups is 2. The molecule has 0 spiro atoms. The molecule has 0 atom stereocenters. The van der Waals surface area contributed by atoms with Gasteiger partial charge in [0, 0.05) is 24.4 Å². The Morgan fingerprint density at radius 2 is 2.19 bits per heavy atom. The number of hydrogen-bond donors (Lipinski definition) is 1. The van der Waals surface area contributed by atoms with Crippen molar-refractivity contribution in [3.8, 4) is 0 Å². The zero-order valence-corrected chi connectivity index (χ0v) is 15.2. The first-order valence-corrected chi connectivity index (χ1v) is 9.22. The van der Waals surface area contributed by atoms with Gasteiger partial charge >= 0.3 is 5.97 Å². The molecule has 0 unspecified atom stereocenters. The molecule has 0 fully saturated rings. The lowest BCUT2D eigenvalue weighted by Crippen LogP contribution is -2.12. The van der Waals surface area contributed by atoms with Crippen molar-refractivity contribution in [2.24, 2.45) is 0 Å². The number of nitrogens with one attached hydrogen (secondary N) is 1. The van der Waals surface area contributed by atoms with Gasteiger partial charge in [-0.25, -0.2) is 4.98 Å². The van der Waals surface area contributed by atoms with Crippen molar-refractivity contribution in [1.82, 2.24) is 19.6 Å². The summed E-state index contributed by atoms with van der Waals surface area (Å²) in [5.74, 6) is 0.395. The molecule has 136 valence electrons. The van der Waals surface area contributed by atoms with Crippen LogP contribution in [0.15, 0.2) is 29.8 Å². The lowest BCUT2D eigenvalue weighted by atomic mass is 10.2. The number of pyridine rings is 1. The highest BCUT2D eigenvalue weighted by atomic mass is 32.1. The van der Waals surface area contributed by atoms with Crippen LogP contribution in [-0.4, -0.2) is 38.1 Å². The summed E-state index contributed by atoms with van der Waals surface area (Å²) in [5, 5.41) is 13.2. The Kier molecular flexibility index (Phi) is 5.90. The van der Waals surface area contributed by atoms with Crippen LogP contribution in [0.4, 0.5) is 5.13 Å². The molecular formula is C17H19N5O3S. The quantitative estimate of drug-likeness (QED) is 0.608. The summed E-state index contributed by atoms with van der Waals surface area (Å²) >= 11 is 1.29. The molecule has 1 amide bonds. The molecule has 8 nitrogen and oxygen atoms in total. The highest BCUT2D eigenvalue weighted by molar-refractivity contribution is 7.13. The maximum absolute atomic E-state index is 12.1. The smallest absolute Gasteiger partial charge is 0.311 e. The molecule has 0 saturated heterocycles. The molecule has 26 heavy (non-hydrogen) atoms. The first kappa shape index (κ1) is 18.0. The molecule has 0 bridgehead atoms. The second-order valence-electron chi connectivity index (χ2n) is 5.57. The van der Waals surface area contributed by atoms with Gasteiger partial charge in [0.15, 0.2) is 10.8 Å². The van der Waals surface area contributed by atoms with E-state index in [1.54, 1.807) is 12.3 Å². The number of nitrogens with zero attached hydrogens (tertiary/aromatic N) is 4. The maximum Gasteiger partial charge on any atom is 0.311 e. The number of amides is 1. The number of aromatic nitrogens is 4. The van der Waals surface area contributed by atoms with Gasteiger partial charge in [-0.2, -0.15) is 0 Å². The Morgan fingerprint density at radius 1 is 1.31 bits per heavy atom. The van der Waals surface area contributed by atoms with Gasteiger partial charge < -0.3 is 10.1 Å². The van der Waals surface area contributed by atoms with Crippen LogP contribution in [0.1, 0.15) is 31.3 Å². The van der Waals surface area contributed by atoms with E-state index in [-0.39, 0.29) is 18.3 Å². The van der Waals surface area contributed by atoms with E-state index in [9.17, 15) is 9.59 Å². The lowest BCUT2D eigenvalue weighted by molar-refractivity contribution is -0.142. The van der Waals surface area contributed by atoms with Gasteiger partial charge in [0.25, 0.3) is 0 Å². The van der Waals surface area contributed by atoms with E-state index in [2.05, 4.69) is 20.5 Å². The Hall–Kier alpha value is -2.81. The summed E-state index contributed by atoms with van der Waals surface area (Å²) in [5.41, 5.74) is 1.39. The van der Waals surface area contributed by atoms with Crippen molar-refractivity contribution in [1.29, 1.82) is 0 Å². The third-order valence-corrected chi connectivity index (χ3v) is 4.42. The molecule has 1 N–H and O–H groups in total. The molecule has 0 aromatic carbocycles. The van der Waals surface area contributed by atoms with Crippen molar-refractivity contribution in [3.63, 3.8) is 0 Å². The molecule has 0 saturated carbocycles. The van der Waals surface area contributed by atoms with Crippen LogP contribution in [-0.2, 0) is 27.2 Å². The molecule has 9 heteroatoms. The number of ether oxygens (including phenoxy) is 1. The van der Waals surface area contributed by atoms with Gasteiger partial charge in [-0.05, 0) is 25.5 Å². The Bertz CT molecular complexity index is 905. The number of hydrogen-bond acceptors (Lipinski definition) is 7. The lowest BCUT2D eigenvalue weighted by Gasteiger charge is -2.02. The molecule has 0 aliphatic heterocycles. The van der Waals surface area contributed by atoms with Gasteiger partial charge in [-0.1, -0.05) is 6.07 Å². The average molecular weight is 373 g/mol. The van der Waals surface area contributed by atoms with Crippen LogP contribution in [0.5, 0.6) is 0 Å². The highest BCUT2D eigenvalue weighted by Crippen LogP contribution is 2.17. The van der Waals surface area contributed by atoms with Crippen molar-refractivity contribution in [2.75, 3.05) is 11.9 Å². The average Bonchev–Trinajstić information content (AvgIpc) is 3.22. The minimum Gasteiger partial charge on any atom is -0.466 e. The second-order valence-corrected chi connectivity index (χ2v) is 6.43. The first-order valence-electron chi connectivity index (χ1n) is 8.34. The van der Waals surface area contributed by atoms with E-state index in [0.29, 0.717) is 36.7 Å². The van der Waals surface area contributed by atoms with Gasteiger partial charge in [-0.15, -0.1) is 21.5 Å². The van der Waals surface area contributed by atoms with Crippen molar-refractivity contribution in [3.05, 3.63) is 41.3 Å². The Balaban J connectivity index is 1.46. The molecule has 0 radical (unpaired) electrons. The summed E-state index contributed by atoms with van der Waals surface area (Å²) in [7, 11) is 0. The Labute approximate surface area is 154 Å². The van der Waals surface area contributed by atoms with E-state index in [1.165, 1.54) is 11.3 Å². The first-order chi connectivity index (χ1) is 12.7. The van der Waals surface area contributed by atoms with E-state index >= 15 is 0 Å². The predicted octanol–water partition coefficient (Wildman–Crippen LogP) is 2.25. The number of aryl methyl sites for hydroxylation is 1. The third kappa shape index (κ3) is 4.63. The minimum absolute atomic E-state index is 0.111. The number of fused-ring (bicyclic) bond motifs is 1. The normalized spacial score (nSPS) is 10.8. The largest absolute Gasteiger partial charge is 0.466 e. The van der Waals surface area contributed by atoms with Crippen molar-refractivity contribution >= 4 is 34.0 Å². The number of carbonyl (C=O) groups excluding carboxylic acids is 2. The van der Waals surface area contributed by atoms with Crippen LogP contribution in [0.2, 0.25) is 0 Å². The number of esters is 1. The topological polar surface area (TPSA) is 98.5 Å². The number of anilines is 1. The molecule has 3 rings (SSSR count). The molecular weight excluding hydrogens is 354 g/mol. The maximum atomic E-state index is 12.1. The molecule has 3 aromatic rings. The van der Waals surface area contributed by atoms with E-state index in [4.69, 9.17) is 4.74 Å². The summed E-state index contributed by atoms with van der Waals surface area (Å²) in [4.78, 5) is 27.7.